The summed E-state index contributed by atoms with van der Waals surface area (Å²) < 4.78 is 13.3. The molecule has 0 amide bonds. The van der Waals surface area contributed by atoms with Gasteiger partial charge in [0.15, 0.2) is 17.3 Å². The third-order valence-corrected chi connectivity index (χ3v) is 6.71. The van der Waals surface area contributed by atoms with Crippen LogP contribution in [0.2, 0.25) is 0 Å². The van der Waals surface area contributed by atoms with Crippen LogP contribution in [0.1, 0.15) is 23.0 Å². The second kappa shape index (κ2) is 9.12. The molecule has 0 aliphatic carbocycles. The molecule has 0 bridgehead atoms. The summed E-state index contributed by atoms with van der Waals surface area (Å²) in [5.74, 6) is 1.99. The number of likely N-dealkylation sites (N-methyl/N-ethyl adjacent to an activating group) is 1. The molecule has 180 valence electrons. The molecular formula is C25H27N7O3. The zero-order valence-corrected chi connectivity index (χ0v) is 19.6. The summed E-state index contributed by atoms with van der Waals surface area (Å²) in [6.45, 7) is 4.94. The van der Waals surface area contributed by atoms with Crippen molar-refractivity contribution < 1.29 is 9.47 Å². The van der Waals surface area contributed by atoms with Gasteiger partial charge < -0.3 is 19.4 Å². The number of hydrogen-bond donors (Lipinski definition) is 1. The van der Waals surface area contributed by atoms with E-state index in [9.17, 15) is 4.79 Å². The summed E-state index contributed by atoms with van der Waals surface area (Å²) in [5.41, 5.74) is 2.26. The summed E-state index contributed by atoms with van der Waals surface area (Å²) in [6.07, 6.45) is 0. The Labute approximate surface area is 202 Å². The van der Waals surface area contributed by atoms with E-state index in [-0.39, 0.29) is 11.6 Å². The van der Waals surface area contributed by atoms with Gasteiger partial charge in [-0.15, -0.1) is 5.10 Å². The molecule has 2 aliphatic heterocycles. The third kappa shape index (κ3) is 4.26. The first-order chi connectivity index (χ1) is 17.2. The van der Waals surface area contributed by atoms with E-state index in [1.807, 2.05) is 48.5 Å². The average molecular weight is 474 g/mol. The van der Waals surface area contributed by atoms with Gasteiger partial charge in [-0.1, -0.05) is 30.3 Å². The molecule has 10 nitrogen and oxygen atoms in total. The minimum absolute atomic E-state index is 0.160. The maximum absolute atomic E-state index is 13.5. The van der Waals surface area contributed by atoms with Crippen LogP contribution < -0.4 is 15.0 Å². The number of benzene rings is 2. The van der Waals surface area contributed by atoms with E-state index in [2.05, 4.69) is 37.4 Å². The van der Waals surface area contributed by atoms with Crippen molar-refractivity contribution in [1.29, 1.82) is 0 Å². The van der Waals surface area contributed by atoms with Crippen LogP contribution in [0.25, 0.3) is 10.9 Å². The van der Waals surface area contributed by atoms with Gasteiger partial charge in [-0.25, -0.2) is 4.68 Å². The number of nitrogens with one attached hydrogen (secondary N) is 1. The summed E-state index contributed by atoms with van der Waals surface area (Å²) in [4.78, 5) is 21.1. The Balaban J connectivity index is 1.46. The van der Waals surface area contributed by atoms with Gasteiger partial charge in [-0.2, -0.15) is 0 Å². The first kappa shape index (κ1) is 21.8. The SMILES string of the molecule is CN1CCN([C@@H](c2cc3cc4c(cc3[nH]c2=O)OCCO4)c2nnnn2Cc2ccccc2)CC1. The van der Waals surface area contributed by atoms with Crippen LogP contribution in [0.4, 0.5) is 0 Å². The van der Waals surface area contributed by atoms with Crippen molar-refractivity contribution in [3.63, 3.8) is 0 Å². The first-order valence-corrected chi connectivity index (χ1v) is 11.8. The molecule has 4 heterocycles. The number of tetrazole rings is 1. The summed E-state index contributed by atoms with van der Waals surface area (Å²) in [7, 11) is 2.11. The van der Waals surface area contributed by atoms with Crippen LogP contribution in [0.3, 0.4) is 0 Å². The molecule has 2 aromatic carbocycles. The van der Waals surface area contributed by atoms with Crippen molar-refractivity contribution in [1.82, 2.24) is 35.0 Å². The molecule has 0 unspecified atom stereocenters. The molecule has 0 saturated carbocycles. The number of pyridine rings is 1. The van der Waals surface area contributed by atoms with Crippen molar-refractivity contribution in [2.75, 3.05) is 46.4 Å². The number of aromatic nitrogens is 5. The maximum atomic E-state index is 13.5. The molecule has 4 aromatic rings. The van der Waals surface area contributed by atoms with E-state index in [4.69, 9.17) is 9.47 Å². The summed E-state index contributed by atoms with van der Waals surface area (Å²) in [5, 5.41) is 13.6. The lowest BCUT2D eigenvalue weighted by Crippen LogP contribution is -2.47. The molecule has 35 heavy (non-hydrogen) atoms. The van der Waals surface area contributed by atoms with Gasteiger partial charge >= 0.3 is 0 Å². The molecule has 1 saturated heterocycles. The van der Waals surface area contributed by atoms with Gasteiger partial charge in [0.2, 0.25) is 0 Å². The zero-order valence-electron chi connectivity index (χ0n) is 19.6. The van der Waals surface area contributed by atoms with Crippen molar-refractivity contribution in [3.8, 4) is 11.5 Å². The molecule has 1 N–H and O–H groups in total. The normalized spacial score (nSPS) is 17.5. The predicted octanol–water partition coefficient (Wildman–Crippen LogP) is 1.67. The van der Waals surface area contributed by atoms with Crippen LogP contribution in [0.5, 0.6) is 11.5 Å². The lowest BCUT2D eigenvalue weighted by molar-refractivity contribution is 0.121. The molecule has 0 radical (unpaired) electrons. The smallest absolute Gasteiger partial charge is 0.253 e. The fourth-order valence-electron chi connectivity index (χ4n) is 4.82. The first-order valence-electron chi connectivity index (χ1n) is 11.8. The van der Waals surface area contributed by atoms with Gasteiger partial charge in [-0.05, 0) is 35.2 Å². The maximum Gasteiger partial charge on any atom is 0.253 e. The Morgan fingerprint density at radius 2 is 1.74 bits per heavy atom. The van der Waals surface area contributed by atoms with Crippen molar-refractivity contribution in [2.24, 2.45) is 0 Å². The molecule has 2 aliphatic rings. The second-order valence-electron chi connectivity index (χ2n) is 9.06. The van der Waals surface area contributed by atoms with E-state index in [1.54, 1.807) is 4.68 Å². The molecule has 6 rings (SSSR count). The molecular weight excluding hydrogens is 446 g/mol. The standard InChI is InChI=1S/C25H27N7O3/c1-30-7-9-31(10-8-30)23(24-27-28-29-32(24)16-17-5-3-2-4-6-17)19-13-18-14-21-22(35-12-11-34-21)15-20(18)26-25(19)33/h2-6,13-15,23H,7-12,16H2,1H3,(H,26,33)/t23-/m0/s1. The van der Waals surface area contributed by atoms with Crippen LogP contribution in [-0.4, -0.2) is 81.4 Å². The topological polar surface area (TPSA) is 101 Å². The third-order valence-electron chi connectivity index (χ3n) is 6.71. The van der Waals surface area contributed by atoms with E-state index >= 15 is 0 Å². The molecule has 1 fully saturated rings. The number of H-pyrrole nitrogens is 1. The van der Waals surface area contributed by atoms with E-state index in [1.165, 1.54) is 0 Å². The van der Waals surface area contributed by atoms with Crippen LogP contribution in [0, 0.1) is 0 Å². The Bertz CT molecular complexity index is 1390. The highest BCUT2D eigenvalue weighted by Crippen LogP contribution is 2.35. The molecule has 0 spiro atoms. The summed E-state index contributed by atoms with van der Waals surface area (Å²) in [6, 6.07) is 15.4. The Morgan fingerprint density at radius 3 is 2.51 bits per heavy atom. The van der Waals surface area contributed by atoms with E-state index < -0.39 is 0 Å². The number of piperazine rings is 1. The fourth-order valence-corrected chi connectivity index (χ4v) is 4.82. The lowest BCUT2D eigenvalue weighted by atomic mass is 10.0. The number of rotatable bonds is 5. The Morgan fingerprint density at radius 1 is 1.00 bits per heavy atom. The average Bonchev–Trinajstić information content (AvgIpc) is 3.32. The van der Waals surface area contributed by atoms with Gasteiger partial charge in [0.25, 0.3) is 5.56 Å². The highest BCUT2D eigenvalue weighted by molar-refractivity contribution is 5.83. The van der Waals surface area contributed by atoms with Crippen LogP contribution in [0.15, 0.2) is 53.3 Å². The number of aromatic amines is 1. The second-order valence-corrected chi connectivity index (χ2v) is 9.06. The van der Waals surface area contributed by atoms with Crippen molar-refractivity contribution in [3.05, 3.63) is 75.8 Å². The molecule has 10 heteroatoms. The van der Waals surface area contributed by atoms with E-state index in [0.29, 0.717) is 48.2 Å². The fraction of sp³-hybridized carbons (Fsp3) is 0.360. The van der Waals surface area contributed by atoms with Gasteiger partial charge in [0, 0.05) is 43.2 Å². The largest absolute Gasteiger partial charge is 0.486 e. The quantitative estimate of drug-likeness (QED) is 0.467. The monoisotopic (exact) mass is 473 g/mol. The Hall–Kier alpha value is -3.76. The lowest BCUT2D eigenvalue weighted by Gasteiger charge is -2.37. The van der Waals surface area contributed by atoms with Crippen LogP contribution in [-0.2, 0) is 6.54 Å². The van der Waals surface area contributed by atoms with Crippen molar-refractivity contribution in [2.45, 2.75) is 12.6 Å². The number of hydrogen-bond acceptors (Lipinski definition) is 8. The van der Waals surface area contributed by atoms with Gasteiger partial charge in [0.05, 0.1) is 12.1 Å². The predicted molar refractivity (Wildman–Crippen MR) is 130 cm³/mol. The molecule has 1 atom stereocenters. The highest BCUT2D eigenvalue weighted by atomic mass is 16.6. The van der Waals surface area contributed by atoms with Gasteiger partial charge in [0.1, 0.15) is 19.3 Å². The van der Waals surface area contributed by atoms with E-state index in [0.717, 1.165) is 37.1 Å². The zero-order chi connectivity index (χ0) is 23.8. The summed E-state index contributed by atoms with van der Waals surface area (Å²) >= 11 is 0. The highest BCUT2D eigenvalue weighted by Gasteiger charge is 2.32. The van der Waals surface area contributed by atoms with Gasteiger partial charge in [-0.3, -0.25) is 9.69 Å². The number of fused-ring (bicyclic) bond motifs is 2. The number of nitrogens with zero attached hydrogens (tertiary/aromatic N) is 6. The molecule has 2 aromatic heterocycles. The minimum atomic E-state index is -0.385. The van der Waals surface area contributed by atoms with Crippen LogP contribution >= 0.6 is 0 Å². The number of ether oxygens (including phenoxy) is 2. The Kier molecular flexibility index (Phi) is 5.67. The minimum Gasteiger partial charge on any atom is -0.486 e. The van der Waals surface area contributed by atoms with Crippen molar-refractivity contribution >= 4 is 10.9 Å².